The molecule has 0 radical (unpaired) electrons. The van der Waals surface area contributed by atoms with Crippen LogP contribution in [0.25, 0.3) is 0 Å². The molecule has 0 unspecified atom stereocenters. The fourth-order valence-electron chi connectivity index (χ4n) is 2.00. The third kappa shape index (κ3) is 2.95. The summed E-state index contributed by atoms with van der Waals surface area (Å²) in [4.78, 5) is 11.8. The van der Waals surface area contributed by atoms with Crippen molar-refractivity contribution in [2.75, 3.05) is 11.4 Å². The van der Waals surface area contributed by atoms with Gasteiger partial charge in [0.25, 0.3) is 15.9 Å². The highest BCUT2D eigenvalue weighted by Crippen LogP contribution is 2.25. The van der Waals surface area contributed by atoms with Crippen LogP contribution in [0.4, 0.5) is 5.69 Å². The summed E-state index contributed by atoms with van der Waals surface area (Å²) in [6.45, 7) is 1.86. The highest BCUT2D eigenvalue weighted by Gasteiger charge is 2.24. The monoisotopic (exact) mass is 320 g/mol. The molecular weight excluding hydrogens is 304 g/mol. The van der Waals surface area contributed by atoms with Crippen molar-refractivity contribution in [1.29, 1.82) is 0 Å². The molecule has 7 heteroatoms. The second-order valence-corrected chi connectivity index (χ2v) is 6.71. The van der Waals surface area contributed by atoms with Crippen molar-refractivity contribution in [3.63, 3.8) is 0 Å². The first-order valence-electron chi connectivity index (χ1n) is 6.47. The maximum absolute atomic E-state index is 12.6. The normalized spacial score (nSPS) is 11.0. The molecule has 6 nitrogen and oxygen atoms in total. The van der Waals surface area contributed by atoms with Crippen LogP contribution in [-0.4, -0.2) is 26.6 Å². The van der Waals surface area contributed by atoms with Crippen LogP contribution in [0.15, 0.2) is 53.4 Å². The first-order valence-corrected chi connectivity index (χ1v) is 7.91. The van der Waals surface area contributed by atoms with Gasteiger partial charge in [-0.15, -0.1) is 0 Å². The lowest BCUT2D eigenvalue weighted by Crippen LogP contribution is -2.30. The smallest absolute Gasteiger partial charge is 0.276 e. The predicted octanol–water partition coefficient (Wildman–Crippen LogP) is 1.94. The minimum atomic E-state index is -3.80. The van der Waals surface area contributed by atoms with E-state index in [4.69, 9.17) is 5.21 Å². The van der Waals surface area contributed by atoms with Crippen LogP contribution in [0.5, 0.6) is 0 Å². The Morgan fingerprint density at radius 2 is 1.68 bits per heavy atom. The van der Waals surface area contributed by atoms with Gasteiger partial charge in [0.15, 0.2) is 0 Å². The maximum Gasteiger partial charge on any atom is 0.276 e. The highest BCUT2D eigenvalue weighted by molar-refractivity contribution is 7.92. The molecule has 2 aromatic carbocycles. The number of hydrogen-bond donors (Lipinski definition) is 2. The Morgan fingerprint density at radius 3 is 2.27 bits per heavy atom. The summed E-state index contributed by atoms with van der Waals surface area (Å²) in [7, 11) is -2.44. The van der Waals surface area contributed by atoms with E-state index in [1.165, 1.54) is 36.8 Å². The lowest BCUT2D eigenvalue weighted by atomic mass is 10.1. The topological polar surface area (TPSA) is 86.7 Å². The van der Waals surface area contributed by atoms with Gasteiger partial charge in [-0.2, -0.15) is 0 Å². The number of carbonyl (C=O) groups is 1. The van der Waals surface area contributed by atoms with Crippen molar-refractivity contribution in [1.82, 2.24) is 5.48 Å². The number of sulfonamides is 1. The van der Waals surface area contributed by atoms with Crippen molar-refractivity contribution in [3.05, 3.63) is 59.7 Å². The Balaban J connectivity index is 2.49. The van der Waals surface area contributed by atoms with Crippen molar-refractivity contribution in [3.8, 4) is 0 Å². The van der Waals surface area contributed by atoms with Gasteiger partial charge in [-0.1, -0.05) is 29.8 Å². The van der Waals surface area contributed by atoms with Crippen LogP contribution in [0.1, 0.15) is 15.9 Å². The number of hydrogen-bond acceptors (Lipinski definition) is 4. The molecule has 0 aliphatic carbocycles. The standard InChI is InChI=1S/C15H16N2O4S/c1-11-7-9-12(10-8-11)22(20,21)17(2)14-6-4-3-5-13(14)15(18)16-19/h3-10,19H,1-2H3,(H,16,18). The van der Waals surface area contributed by atoms with E-state index in [9.17, 15) is 13.2 Å². The minimum Gasteiger partial charge on any atom is -0.288 e. The summed E-state index contributed by atoms with van der Waals surface area (Å²) in [5, 5.41) is 8.78. The molecule has 0 heterocycles. The Hall–Kier alpha value is -2.38. The molecule has 116 valence electrons. The van der Waals surface area contributed by atoms with Crippen molar-refractivity contribution >= 4 is 21.6 Å². The van der Waals surface area contributed by atoms with Gasteiger partial charge in [0.2, 0.25) is 0 Å². The fraction of sp³-hybridized carbons (Fsp3) is 0.133. The summed E-state index contributed by atoms with van der Waals surface area (Å²) in [6.07, 6.45) is 0. The minimum absolute atomic E-state index is 0.0585. The molecular formula is C15H16N2O4S. The molecule has 0 bridgehead atoms. The third-order valence-electron chi connectivity index (χ3n) is 3.27. The zero-order valence-corrected chi connectivity index (χ0v) is 13.0. The highest BCUT2D eigenvalue weighted by atomic mass is 32.2. The molecule has 22 heavy (non-hydrogen) atoms. The Kier molecular flexibility index (Phi) is 4.48. The Morgan fingerprint density at radius 1 is 1.09 bits per heavy atom. The molecule has 0 saturated carbocycles. The summed E-state index contributed by atoms with van der Waals surface area (Å²) in [5.41, 5.74) is 2.69. The molecule has 0 saturated heterocycles. The largest absolute Gasteiger partial charge is 0.288 e. The predicted molar refractivity (Wildman–Crippen MR) is 82.5 cm³/mol. The van der Waals surface area contributed by atoms with Gasteiger partial charge >= 0.3 is 0 Å². The number of hydroxylamine groups is 1. The number of amides is 1. The molecule has 0 aromatic heterocycles. The van der Waals surface area contributed by atoms with Gasteiger partial charge in [0.1, 0.15) is 0 Å². The molecule has 0 aliphatic heterocycles. The van der Waals surface area contributed by atoms with Crippen molar-refractivity contribution < 1.29 is 18.4 Å². The molecule has 2 aromatic rings. The second kappa shape index (κ2) is 6.17. The van der Waals surface area contributed by atoms with Crippen LogP contribution in [-0.2, 0) is 10.0 Å². The van der Waals surface area contributed by atoms with E-state index in [-0.39, 0.29) is 16.1 Å². The van der Waals surface area contributed by atoms with E-state index < -0.39 is 15.9 Å². The van der Waals surface area contributed by atoms with E-state index in [1.54, 1.807) is 24.3 Å². The quantitative estimate of drug-likeness (QED) is 0.666. The van der Waals surface area contributed by atoms with E-state index in [0.29, 0.717) is 0 Å². The maximum atomic E-state index is 12.6. The Bertz CT molecular complexity index is 785. The van der Waals surface area contributed by atoms with E-state index in [0.717, 1.165) is 9.87 Å². The number of nitrogens with zero attached hydrogens (tertiary/aromatic N) is 1. The van der Waals surface area contributed by atoms with Crippen LogP contribution in [0.3, 0.4) is 0 Å². The van der Waals surface area contributed by atoms with E-state index in [2.05, 4.69) is 0 Å². The number of aryl methyl sites for hydroxylation is 1. The van der Waals surface area contributed by atoms with Crippen molar-refractivity contribution in [2.24, 2.45) is 0 Å². The zero-order chi connectivity index (χ0) is 16.3. The average Bonchev–Trinajstić information content (AvgIpc) is 2.53. The summed E-state index contributed by atoms with van der Waals surface area (Å²) in [6, 6.07) is 12.6. The molecule has 0 aliphatic rings. The van der Waals surface area contributed by atoms with Crippen LogP contribution < -0.4 is 9.79 Å². The lowest BCUT2D eigenvalue weighted by Gasteiger charge is -2.21. The molecule has 0 fully saturated rings. The van der Waals surface area contributed by atoms with Gasteiger partial charge in [-0.3, -0.25) is 14.3 Å². The number of benzene rings is 2. The van der Waals surface area contributed by atoms with E-state index >= 15 is 0 Å². The summed E-state index contributed by atoms with van der Waals surface area (Å²) < 4.78 is 26.3. The van der Waals surface area contributed by atoms with Crippen LogP contribution in [0, 0.1) is 6.92 Å². The van der Waals surface area contributed by atoms with Gasteiger partial charge in [-0.05, 0) is 31.2 Å². The summed E-state index contributed by atoms with van der Waals surface area (Å²) >= 11 is 0. The van der Waals surface area contributed by atoms with Crippen LogP contribution in [0.2, 0.25) is 0 Å². The average molecular weight is 320 g/mol. The first kappa shape index (κ1) is 16.0. The fourth-order valence-corrected chi connectivity index (χ4v) is 3.21. The number of rotatable bonds is 4. The van der Waals surface area contributed by atoms with Crippen LogP contribution >= 0.6 is 0 Å². The van der Waals surface area contributed by atoms with Gasteiger partial charge in [-0.25, -0.2) is 13.9 Å². The van der Waals surface area contributed by atoms with Gasteiger partial charge < -0.3 is 0 Å². The molecule has 2 N–H and O–H groups in total. The lowest BCUT2D eigenvalue weighted by molar-refractivity contribution is 0.0707. The molecule has 0 atom stereocenters. The van der Waals surface area contributed by atoms with E-state index in [1.807, 2.05) is 6.92 Å². The van der Waals surface area contributed by atoms with Gasteiger partial charge in [0.05, 0.1) is 16.1 Å². The molecule has 1 amide bonds. The number of carbonyl (C=O) groups excluding carboxylic acids is 1. The van der Waals surface area contributed by atoms with Crippen molar-refractivity contribution in [2.45, 2.75) is 11.8 Å². The number of para-hydroxylation sites is 1. The Labute approximate surface area is 129 Å². The second-order valence-electron chi connectivity index (χ2n) is 4.74. The van der Waals surface area contributed by atoms with Gasteiger partial charge in [0, 0.05) is 7.05 Å². The third-order valence-corrected chi connectivity index (χ3v) is 5.05. The number of anilines is 1. The molecule has 0 spiro atoms. The SMILES string of the molecule is Cc1ccc(S(=O)(=O)N(C)c2ccccc2C(=O)NO)cc1. The molecule has 2 rings (SSSR count). The summed E-state index contributed by atoms with van der Waals surface area (Å²) in [5.74, 6) is -0.776. The first-order chi connectivity index (χ1) is 10.4. The number of nitrogens with one attached hydrogen (secondary N) is 1. The zero-order valence-electron chi connectivity index (χ0n) is 12.1.